The third-order valence-electron chi connectivity index (χ3n) is 2.91. The third kappa shape index (κ3) is 3.10. The van der Waals surface area contributed by atoms with Gasteiger partial charge in [-0.05, 0) is 40.2 Å². The summed E-state index contributed by atoms with van der Waals surface area (Å²) in [7, 11) is 3.24. The smallest absolute Gasteiger partial charge is 0.161 e. The molecule has 0 unspecified atom stereocenters. The molecule has 0 radical (unpaired) electrons. The molecular weight excluding hydrogens is 320 g/mol. The fraction of sp³-hybridized carbons (Fsp3) is 0.333. The van der Waals surface area contributed by atoms with Crippen LogP contribution in [-0.4, -0.2) is 24.2 Å². The van der Waals surface area contributed by atoms with Gasteiger partial charge in [-0.2, -0.15) is 0 Å². The van der Waals surface area contributed by atoms with Crippen molar-refractivity contribution < 1.29 is 9.47 Å². The minimum absolute atomic E-state index is 0.270. The van der Waals surface area contributed by atoms with E-state index in [2.05, 4.69) is 39.7 Å². The summed E-state index contributed by atoms with van der Waals surface area (Å²) in [5.74, 6) is 2.47. The molecule has 2 rings (SSSR count). The van der Waals surface area contributed by atoms with Crippen molar-refractivity contribution >= 4 is 15.9 Å². The zero-order chi connectivity index (χ0) is 14.7. The fourth-order valence-corrected chi connectivity index (χ4v) is 2.24. The minimum Gasteiger partial charge on any atom is -0.493 e. The second-order valence-electron chi connectivity index (χ2n) is 4.66. The zero-order valence-electron chi connectivity index (χ0n) is 12.0. The van der Waals surface area contributed by atoms with Crippen LogP contribution >= 0.6 is 15.9 Å². The maximum Gasteiger partial charge on any atom is 0.161 e. The number of rotatable bonds is 4. The summed E-state index contributed by atoms with van der Waals surface area (Å²) < 4.78 is 11.4. The van der Waals surface area contributed by atoms with Gasteiger partial charge in [0.2, 0.25) is 0 Å². The van der Waals surface area contributed by atoms with E-state index in [9.17, 15) is 0 Å². The standard InChI is InChI=1S/C15H17BrN2O2/c1-9(2)15-17-11(8-14(16)18-15)10-5-6-12(19-3)13(7-10)20-4/h5-9H,1-4H3. The van der Waals surface area contributed by atoms with Gasteiger partial charge in [-0.1, -0.05) is 13.8 Å². The molecule has 5 heteroatoms. The maximum atomic E-state index is 5.33. The number of methoxy groups -OCH3 is 2. The molecule has 106 valence electrons. The maximum absolute atomic E-state index is 5.33. The molecule has 0 bridgehead atoms. The molecule has 0 atom stereocenters. The van der Waals surface area contributed by atoms with Crippen LogP contribution in [0.25, 0.3) is 11.3 Å². The number of ether oxygens (including phenoxy) is 2. The van der Waals surface area contributed by atoms with E-state index in [1.165, 1.54) is 0 Å². The normalized spacial score (nSPS) is 10.7. The molecule has 0 saturated carbocycles. The highest BCUT2D eigenvalue weighted by Gasteiger charge is 2.11. The predicted molar refractivity (Wildman–Crippen MR) is 82.4 cm³/mol. The Morgan fingerprint density at radius 2 is 1.70 bits per heavy atom. The van der Waals surface area contributed by atoms with Crippen molar-refractivity contribution in [2.75, 3.05) is 14.2 Å². The summed E-state index contributed by atoms with van der Waals surface area (Å²) in [6, 6.07) is 7.64. The Balaban J connectivity index is 2.51. The first kappa shape index (κ1) is 14.8. The summed E-state index contributed by atoms with van der Waals surface area (Å²) in [5, 5.41) is 0. The van der Waals surface area contributed by atoms with Crippen LogP contribution in [0.1, 0.15) is 25.6 Å². The molecule has 1 aromatic heterocycles. The molecule has 0 aliphatic heterocycles. The number of aromatic nitrogens is 2. The summed E-state index contributed by atoms with van der Waals surface area (Å²) in [4.78, 5) is 8.98. The van der Waals surface area contributed by atoms with Crippen molar-refractivity contribution in [3.05, 3.63) is 34.7 Å². The van der Waals surface area contributed by atoms with Gasteiger partial charge < -0.3 is 9.47 Å². The monoisotopic (exact) mass is 336 g/mol. The summed E-state index contributed by atoms with van der Waals surface area (Å²) in [6.07, 6.45) is 0. The highest BCUT2D eigenvalue weighted by Crippen LogP contribution is 2.32. The largest absolute Gasteiger partial charge is 0.493 e. The first-order chi connectivity index (χ1) is 9.55. The highest BCUT2D eigenvalue weighted by molar-refractivity contribution is 9.10. The van der Waals surface area contributed by atoms with Crippen LogP contribution in [0.15, 0.2) is 28.9 Å². The van der Waals surface area contributed by atoms with Crippen LogP contribution in [0.4, 0.5) is 0 Å². The first-order valence-electron chi connectivity index (χ1n) is 6.32. The fourth-order valence-electron chi connectivity index (χ4n) is 1.84. The average Bonchev–Trinajstić information content (AvgIpc) is 2.45. The van der Waals surface area contributed by atoms with E-state index in [1.54, 1.807) is 14.2 Å². The molecule has 20 heavy (non-hydrogen) atoms. The topological polar surface area (TPSA) is 44.2 Å². The molecule has 2 aromatic rings. The van der Waals surface area contributed by atoms with E-state index in [4.69, 9.17) is 9.47 Å². The Morgan fingerprint density at radius 3 is 2.30 bits per heavy atom. The summed E-state index contributed by atoms with van der Waals surface area (Å²) in [6.45, 7) is 4.14. The van der Waals surface area contributed by atoms with Gasteiger partial charge in [0.25, 0.3) is 0 Å². The lowest BCUT2D eigenvalue weighted by molar-refractivity contribution is 0.355. The van der Waals surface area contributed by atoms with Crippen LogP contribution in [0.3, 0.4) is 0 Å². The van der Waals surface area contributed by atoms with Crippen molar-refractivity contribution in [2.45, 2.75) is 19.8 Å². The van der Waals surface area contributed by atoms with Gasteiger partial charge in [-0.25, -0.2) is 9.97 Å². The molecule has 0 aliphatic rings. The van der Waals surface area contributed by atoms with Crippen LogP contribution in [-0.2, 0) is 0 Å². The molecule has 0 N–H and O–H groups in total. The Bertz CT molecular complexity index is 615. The van der Waals surface area contributed by atoms with Crippen molar-refractivity contribution in [1.82, 2.24) is 9.97 Å². The van der Waals surface area contributed by atoms with Crippen molar-refractivity contribution in [3.63, 3.8) is 0 Å². The molecule has 1 aromatic carbocycles. The van der Waals surface area contributed by atoms with Gasteiger partial charge in [0.1, 0.15) is 10.4 Å². The van der Waals surface area contributed by atoms with E-state index >= 15 is 0 Å². The minimum atomic E-state index is 0.270. The van der Waals surface area contributed by atoms with E-state index in [0.717, 1.165) is 21.7 Å². The second-order valence-corrected chi connectivity index (χ2v) is 5.47. The molecule has 1 heterocycles. The quantitative estimate of drug-likeness (QED) is 0.790. The van der Waals surface area contributed by atoms with E-state index in [-0.39, 0.29) is 5.92 Å². The number of nitrogens with zero attached hydrogens (tertiary/aromatic N) is 2. The lowest BCUT2D eigenvalue weighted by atomic mass is 10.1. The van der Waals surface area contributed by atoms with Gasteiger partial charge in [-0.3, -0.25) is 0 Å². The highest BCUT2D eigenvalue weighted by atomic mass is 79.9. The number of halogens is 1. The zero-order valence-corrected chi connectivity index (χ0v) is 13.6. The van der Waals surface area contributed by atoms with Crippen LogP contribution < -0.4 is 9.47 Å². The van der Waals surface area contributed by atoms with Crippen molar-refractivity contribution in [2.24, 2.45) is 0 Å². The average molecular weight is 337 g/mol. The number of hydrogen-bond acceptors (Lipinski definition) is 4. The van der Waals surface area contributed by atoms with Crippen LogP contribution in [0.5, 0.6) is 11.5 Å². The van der Waals surface area contributed by atoms with Crippen molar-refractivity contribution in [1.29, 1.82) is 0 Å². The number of benzene rings is 1. The third-order valence-corrected chi connectivity index (χ3v) is 3.31. The number of hydrogen-bond donors (Lipinski definition) is 0. The van der Waals surface area contributed by atoms with Gasteiger partial charge in [0.15, 0.2) is 11.5 Å². The van der Waals surface area contributed by atoms with Gasteiger partial charge in [0.05, 0.1) is 19.9 Å². The lowest BCUT2D eigenvalue weighted by Gasteiger charge is -2.11. The second kappa shape index (κ2) is 6.22. The summed E-state index contributed by atoms with van der Waals surface area (Å²) in [5.41, 5.74) is 1.82. The molecule has 0 aliphatic carbocycles. The Labute approximate surface area is 127 Å². The van der Waals surface area contributed by atoms with Crippen LogP contribution in [0.2, 0.25) is 0 Å². The van der Waals surface area contributed by atoms with Crippen molar-refractivity contribution in [3.8, 4) is 22.8 Å². The van der Waals surface area contributed by atoms with Gasteiger partial charge in [-0.15, -0.1) is 0 Å². The molecule has 4 nitrogen and oxygen atoms in total. The SMILES string of the molecule is COc1ccc(-c2cc(Br)nc(C(C)C)n2)cc1OC. The first-order valence-corrected chi connectivity index (χ1v) is 7.11. The van der Waals surface area contributed by atoms with E-state index in [0.29, 0.717) is 11.5 Å². The van der Waals surface area contributed by atoms with Gasteiger partial charge in [0, 0.05) is 11.5 Å². The molecule has 0 spiro atoms. The Kier molecular flexibility index (Phi) is 4.60. The Hall–Kier alpha value is -1.62. The summed E-state index contributed by atoms with van der Waals surface area (Å²) >= 11 is 3.44. The van der Waals surface area contributed by atoms with E-state index in [1.807, 2.05) is 24.3 Å². The Morgan fingerprint density at radius 1 is 1.00 bits per heavy atom. The predicted octanol–water partition coefficient (Wildman–Crippen LogP) is 4.05. The van der Waals surface area contributed by atoms with Crippen LogP contribution in [0, 0.1) is 0 Å². The molecule has 0 amide bonds. The van der Waals surface area contributed by atoms with E-state index < -0.39 is 0 Å². The lowest BCUT2D eigenvalue weighted by Crippen LogP contribution is -2.00. The molecule has 0 fully saturated rings. The van der Waals surface area contributed by atoms with Gasteiger partial charge >= 0.3 is 0 Å². The molecule has 0 saturated heterocycles. The molecular formula is C15H17BrN2O2.